The number of thioether (sulfide) groups is 1. The first-order chi connectivity index (χ1) is 9.56. The van der Waals surface area contributed by atoms with Gasteiger partial charge in [0.25, 0.3) is 0 Å². The standard InChI is InChI=1S/C13H13F2N3OS/c1-8(13-16-4-5-17-13)18-12(19)7-20-11-3-2-9(14)6-10(11)15/h2-6,8H,7H2,1H3,(H,16,17)(H,18,19). The zero-order valence-corrected chi connectivity index (χ0v) is 11.5. The molecule has 0 saturated heterocycles. The molecule has 0 fully saturated rings. The molecule has 4 nitrogen and oxygen atoms in total. The fraction of sp³-hybridized carbons (Fsp3) is 0.231. The van der Waals surface area contributed by atoms with Gasteiger partial charge in [-0.05, 0) is 19.1 Å². The number of nitrogens with zero attached hydrogens (tertiary/aromatic N) is 1. The SMILES string of the molecule is CC(NC(=O)CSc1ccc(F)cc1F)c1ncc[nH]1. The molecule has 0 aliphatic carbocycles. The number of carbonyl (C=O) groups excluding carboxylic acids is 1. The first kappa shape index (κ1) is 14.5. The van der Waals surface area contributed by atoms with E-state index in [1.165, 1.54) is 6.07 Å². The van der Waals surface area contributed by atoms with Crippen LogP contribution in [0.15, 0.2) is 35.5 Å². The topological polar surface area (TPSA) is 57.8 Å². The molecule has 0 aliphatic rings. The normalized spacial score (nSPS) is 12.2. The minimum absolute atomic E-state index is 0.0492. The van der Waals surface area contributed by atoms with E-state index < -0.39 is 11.6 Å². The second-order valence-electron chi connectivity index (χ2n) is 4.13. The fourth-order valence-electron chi connectivity index (χ4n) is 1.60. The maximum absolute atomic E-state index is 13.4. The van der Waals surface area contributed by atoms with E-state index in [-0.39, 0.29) is 22.6 Å². The Labute approximate surface area is 119 Å². The molecule has 0 bridgehead atoms. The Morgan fingerprint density at radius 1 is 1.50 bits per heavy atom. The zero-order chi connectivity index (χ0) is 14.5. The minimum Gasteiger partial charge on any atom is -0.347 e. The lowest BCUT2D eigenvalue weighted by molar-refractivity contribution is -0.119. The first-order valence-corrected chi connectivity index (χ1v) is 6.91. The molecular weight excluding hydrogens is 284 g/mol. The summed E-state index contributed by atoms with van der Waals surface area (Å²) in [4.78, 5) is 18.9. The summed E-state index contributed by atoms with van der Waals surface area (Å²) in [5.74, 6) is -0.850. The van der Waals surface area contributed by atoms with Gasteiger partial charge in [-0.1, -0.05) is 0 Å². The van der Waals surface area contributed by atoms with E-state index in [0.717, 1.165) is 23.9 Å². The number of nitrogens with one attached hydrogen (secondary N) is 2. The van der Waals surface area contributed by atoms with Crippen molar-refractivity contribution in [3.8, 4) is 0 Å². The van der Waals surface area contributed by atoms with Crippen molar-refractivity contribution in [1.82, 2.24) is 15.3 Å². The van der Waals surface area contributed by atoms with Gasteiger partial charge in [-0.15, -0.1) is 11.8 Å². The van der Waals surface area contributed by atoms with Crippen molar-refractivity contribution < 1.29 is 13.6 Å². The number of aromatic amines is 1. The van der Waals surface area contributed by atoms with Gasteiger partial charge in [0.05, 0.1) is 11.8 Å². The van der Waals surface area contributed by atoms with Crippen molar-refractivity contribution in [2.24, 2.45) is 0 Å². The van der Waals surface area contributed by atoms with Crippen LogP contribution in [0.4, 0.5) is 8.78 Å². The monoisotopic (exact) mass is 297 g/mol. The van der Waals surface area contributed by atoms with Gasteiger partial charge in [0.15, 0.2) is 0 Å². The molecule has 1 aromatic carbocycles. The van der Waals surface area contributed by atoms with E-state index >= 15 is 0 Å². The van der Waals surface area contributed by atoms with Gasteiger partial charge in [-0.2, -0.15) is 0 Å². The number of benzene rings is 1. The minimum atomic E-state index is -0.665. The van der Waals surface area contributed by atoms with Crippen molar-refractivity contribution in [3.05, 3.63) is 48.1 Å². The van der Waals surface area contributed by atoms with E-state index in [0.29, 0.717) is 5.82 Å². The van der Waals surface area contributed by atoms with Crippen molar-refractivity contribution in [2.45, 2.75) is 17.9 Å². The Kier molecular flexibility index (Phi) is 4.73. The van der Waals surface area contributed by atoms with Gasteiger partial charge in [0.2, 0.25) is 5.91 Å². The fourth-order valence-corrected chi connectivity index (χ4v) is 2.33. The van der Waals surface area contributed by atoms with E-state index in [1.807, 2.05) is 0 Å². The van der Waals surface area contributed by atoms with Gasteiger partial charge in [-0.3, -0.25) is 4.79 Å². The average Bonchev–Trinajstić information content (AvgIpc) is 2.91. The molecule has 0 saturated carbocycles. The molecule has 1 unspecified atom stereocenters. The van der Waals surface area contributed by atoms with Crippen LogP contribution in [0.2, 0.25) is 0 Å². The highest BCUT2D eigenvalue weighted by molar-refractivity contribution is 8.00. The quantitative estimate of drug-likeness (QED) is 0.834. The number of H-pyrrole nitrogens is 1. The zero-order valence-electron chi connectivity index (χ0n) is 10.7. The molecule has 0 spiro atoms. The van der Waals surface area contributed by atoms with E-state index in [4.69, 9.17) is 0 Å². The third-order valence-electron chi connectivity index (χ3n) is 2.56. The van der Waals surface area contributed by atoms with Crippen molar-refractivity contribution >= 4 is 17.7 Å². The van der Waals surface area contributed by atoms with Gasteiger partial charge in [-0.25, -0.2) is 13.8 Å². The summed E-state index contributed by atoms with van der Waals surface area (Å²) in [5.41, 5.74) is 0. The van der Waals surface area contributed by atoms with Gasteiger partial charge in [0, 0.05) is 23.4 Å². The molecule has 7 heteroatoms. The summed E-state index contributed by atoms with van der Waals surface area (Å²) in [7, 11) is 0. The maximum atomic E-state index is 13.4. The van der Waals surface area contributed by atoms with E-state index in [9.17, 15) is 13.6 Å². The van der Waals surface area contributed by atoms with E-state index in [1.54, 1.807) is 19.3 Å². The highest BCUT2D eigenvalue weighted by Gasteiger charge is 2.12. The van der Waals surface area contributed by atoms with Gasteiger partial charge in [0.1, 0.15) is 17.5 Å². The van der Waals surface area contributed by atoms with Crippen molar-refractivity contribution in [3.63, 3.8) is 0 Å². The van der Waals surface area contributed by atoms with E-state index in [2.05, 4.69) is 15.3 Å². The largest absolute Gasteiger partial charge is 0.347 e. The molecule has 1 amide bonds. The number of rotatable bonds is 5. The van der Waals surface area contributed by atoms with Crippen molar-refractivity contribution in [1.29, 1.82) is 0 Å². The summed E-state index contributed by atoms with van der Waals surface area (Å²) in [6.07, 6.45) is 3.27. The number of halogens is 2. The molecule has 106 valence electrons. The maximum Gasteiger partial charge on any atom is 0.230 e. The Morgan fingerprint density at radius 3 is 2.95 bits per heavy atom. The molecule has 0 aliphatic heterocycles. The summed E-state index contributed by atoms with van der Waals surface area (Å²) in [5, 5.41) is 2.73. The number of amides is 1. The summed E-state index contributed by atoms with van der Waals surface area (Å²) < 4.78 is 26.1. The molecule has 2 N–H and O–H groups in total. The van der Waals surface area contributed by atoms with Crippen LogP contribution in [0.1, 0.15) is 18.8 Å². The van der Waals surface area contributed by atoms with Gasteiger partial charge >= 0.3 is 0 Å². The van der Waals surface area contributed by atoms with Crippen molar-refractivity contribution in [2.75, 3.05) is 5.75 Å². The van der Waals surface area contributed by atoms with Crippen LogP contribution in [-0.2, 0) is 4.79 Å². The predicted octanol–water partition coefficient (Wildman–Crippen LogP) is 2.66. The first-order valence-electron chi connectivity index (χ1n) is 5.92. The van der Waals surface area contributed by atoms with Crippen LogP contribution in [0.5, 0.6) is 0 Å². The summed E-state index contributed by atoms with van der Waals surface area (Å²) in [6, 6.07) is 3.02. The lowest BCUT2D eigenvalue weighted by Gasteiger charge is -2.11. The van der Waals surface area contributed by atoms with Gasteiger partial charge < -0.3 is 10.3 Å². The van der Waals surface area contributed by atoms with Crippen LogP contribution < -0.4 is 5.32 Å². The molecule has 2 rings (SSSR count). The third-order valence-corrected chi connectivity index (χ3v) is 3.61. The number of carbonyl (C=O) groups is 1. The number of hydrogen-bond acceptors (Lipinski definition) is 3. The average molecular weight is 297 g/mol. The lowest BCUT2D eigenvalue weighted by atomic mass is 10.3. The number of aromatic nitrogens is 2. The molecule has 2 aromatic rings. The Balaban J connectivity index is 1.86. The molecule has 1 atom stereocenters. The van der Waals surface area contributed by atoms with Crippen LogP contribution in [-0.4, -0.2) is 21.6 Å². The lowest BCUT2D eigenvalue weighted by Crippen LogP contribution is -2.28. The Bertz CT molecular complexity index is 589. The Morgan fingerprint density at radius 2 is 2.30 bits per heavy atom. The molecule has 1 heterocycles. The number of imidazole rings is 1. The molecule has 1 aromatic heterocycles. The second kappa shape index (κ2) is 6.51. The number of hydrogen-bond donors (Lipinski definition) is 2. The highest BCUT2D eigenvalue weighted by atomic mass is 32.2. The molecule has 0 radical (unpaired) electrons. The smallest absolute Gasteiger partial charge is 0.230 e. The summed E-state index contributed by atoms with van der Waals surface area (Å²) in [6.45, 7) is 1.79. The molecular formula is C13H13F2N3OS. The summed E-state index contributed by atoms with van der Waals surface area (Å²) >= 11 is 1.02. The van der Waals surface area contributed by atoms with Crippen LogP contribution >= 0.6 is 11.8 Å². The van der Waals surface area contributed by atoms with Crippen LogP contribution in [0, 0.1) is 11.6 Å². The highest BCUT2D eigenvalue weighted by Crippen LogP contribution is 2.22. The predicted molar refractivity (Wildman–Crippen MR) is 72.2 cm³/mol. The second-order valence-corrected chi connectivity index (χ2v) is 5.14. The van der Waals surface area contributed by atoms with Crippen LogP contribution in [0.3, 0.4) is 0 Å². The third kappa shape index (κ3) is 3.80. The molecule has 20 heavy (non-hydrogen) atoms. The Hall–Kier alpha value is -1.89. The van der Waals surface area contributed by atoms with Crippen LogP contribution in [0.25, 0.3) is 0 Å².